The van der Waals surface area contributed by atoms with E-state index in [0.29, 0.717) is 29.1 Å². The number of ketones is 2. The van der Waals surface area contributed by atoms with Crippen LogP contribution in [0.1, 0.15) is 29.8 Å². The number of benzene rings is 4. The molecule has 0 atom stereocenters. The third-order valence-electron chi connectivity index (χ3n) is 6.73. The predicted molar refractivity (Wildman–Crippen MR) is 164 cm³/mol. The van der Waals surface area contributed by atoms with E-state index >= 15 is 0 Å². The van der Waals surface area contributed by atoms with Gasteiger partial charge in [-0.2, -0.15) is 0 Å². The summed E-state index contributed by atoms with van der Waals surface area (Å²) in [5.41, 5.74) is -2.24. The Balaban J connectivity index is 2.04. The van der Waals surface area contributed by atoms with E-state index in [4.69, 9.17) is 4.74 Å². The van der Waals surface area contributed by atoms with Gasteiger partial charge in [-0.05, 0) is 67.1 Å². The molecule has 0 fully saturated rings. The minimum absolute atomic E-state index is 0.0987. The van der Waals surface area contributed by atoms with Crippen LogP contribution in [-0.2, 0) is 10.6 Å². The molecule has 0 spiro atoms. The zero-order chi connectivity index (χ0) is 33.9. The molecule has 0 saturated carbocycles. The van der Waals surface area contributed by atoms with Gasteiger partial charge in [0, 0.05) is 29.4 Å². The lowest BCUT2D eigenvalue weighted by molar-refractivity contribution is -0.404. The van der Waals surface area contributed by atoms with Crippen molar-refractivity contribution in [3.63, 3.8) is 0 Å². The number of allylic oxidation sites excluding steroid dienone is 1. The van der Waals surface area contributed by atoms with Gasteiger partial charge >= 0.3 is 11.4 Å². The quantitative estimate of drug-likeness (QED) is 0.0593. The van der Waals surface area contributed by atoms with Crippen LogP contribution in [0.25, 0.3) is 0 Å². The van der Waals surface area contributed by atoms with Crippen molar-refractivity contribution in [2.24, 2.45) is 0 Å². The van der Waals surface area contributed by atoms with Crippen molar-refractivity contribution < 1.29 is 39.3 Å². The second kappa shape index (κ2) is 12.7. The van der Waals surface area contributed by atoms with Crippen LogP contribution in [0.15, 0.2) is 97.1 Å². The van der Waals surface area contributed by atoms with Crippen molar-refractivity contribution in [2.75, 3.05) is 4.90 Å². The number of rotatable bonds is 12. The zero-order valence-electron chi connectivity index (χ0n) is 24.1. The molecule has 46 heavy (non-hydrogen) atoms. The number of aliphatic hydroxyl groups is 2. The first-order valence-electron chi connectivity index (χ1n) is 13.2. The summed E-state index contributed by atoms with van der Waals surface area (Å²) < 4.78 is 5.81. The number of carbonyl (C=O) groups excluding carboxylic acids is 2. The minimum Gasteiger partial charge on any atom is -0.442 e. The first-order chi connectivity index (χ1) is 21.6. The molecule has 234 valence electrons. The molecular formula is C31H24N4O11. The summed E-state index contributed by atoms with van der Waals surface area (Å²) in [5, 5.41) is 56.5. The van der Waals surface area contributed by atoms with E-state index in [1.807, 2.05) is 0 Å². The van der Waals surface area contributed by atoms with E-state index in [0.717, 1.165) is 25.1 Å². The molecule has 0 amide bonds. The lowest BCUT2D eigenvalue weighted by atomic mass is 10.00. The van der Waals surface area contributed by atoms with Crippen molar-refractivity contribution in [3.05, 3.63) is 139 Å². The Bertz CT molecular complexity index is 1870. The van der Waals surface area contributed by atoms with Crippen LogP contribution in [-0.4, -0.2) is 36.5 Å². The maximum absolute atomic E-state index is 12.5. The average Bonchev–Trinajstić information content (AvgIpc) is 3.01. The first-order valence-corrected chi connectivity index (χ1v) is 13.2. The standard InChI is InChI=1S/C31H24N4O11/c1-18(2)29(37)20-9-12-23(13-10-20)32(22-7-5-4-6-8-22)25-15-21(31(38,39)19(3)36)11-14-28(25)46-30-26(34(42)43)16-24(33(40)41)17-27(30)35(44)45/h4-17,38-39H,1H2,2-3H3. The van der Waals surface area contributed by atoms with Gasteiger partial charge in [0.15, 0.2) is 17.3 Å². The smallest absolute Gasteiger partial charge is 0.325 e. The van der Waals surface area contributed by atoms with E-state index in [1.54, 1.807) is 37.3 Å². The number of Topliss-reactive ketones (excluding diaryl/α,β-unsaturated/α-hetero) is 2. The Hall–Kier alpha value is -6.32. The lowest BCUT2D eigenvalue weighted by Crippen LogP contribution is -2.33. The summed E-state index contributed by atoms with van der Waals surface area (Å²) in [7, 11) is 0. The van der Waals surface area contributed by atoms with Gasteiger partial charge in [-0.1, -0.05) is 24.8 Å². The summed E-state index contributed by atoms with van der Waals surface area (Å²) >= 11 is 0. The fourth-order valence-corrected chi connectivity index (χ4v) is 4.39. The fourth-order valence-electron chi connectivity index (χ4n) is 4.39. The number of ether oxygens (including phenoxy) is 1. The van der Waals surface area contributed by atoms with Crippen molar-refractivity contribution in [3.8, 4) is 11.5 Å². The second-order valence-electron chi connectivity index (χ2n) is 9.92. The van der Waals surface area contributed by atoms with Gasteiger partial charge in [0.1, 0.15) is 0 Å². The Morgan fingerprint density at radius 3 is 1.80 bits per heavy atom. The summed E-state index contributed by atoms with van der Waals surface area (Å²) in [6.45, 7) is 6.13. The zero-order valence-corrected chi connectivity index (χ0v) is 24.1. The number of non-ortho nitro benzene ring substituents is 1. The van der Waals surface area contributed by atoms with Gasteiger partial charge in [0.05, 0.1) is 32.6 Å². The van der Waals surface area contributed by atoms with E-state index in [9.17, 15) is 50.1 Å². The molecule has 15 heteroatoms. The largest absolute Gasteiger partial charge is 0.442 e. The summed E-state index contributed by atoms with van der Waals surface area (Å²) in [6.07, 6.45) is 0. The topological polar surface area (TPSA) is 216 Å². The van der Waals surface area contributed by atoms with Crippen molar-refractivity contribution >= 4 is 45.7 Å². The van der Waals surface area contributed by atoms with Crippen LogP contribution in [0.5, 0.6) is 11.5 Å². The van der Waals surface area contributed by atoms with Gasteiger partial charge in [-0.3, -0.25) is 39.9 Å². The van der Waals surface area contributed by atoms with Gasteiger partial charge in [0.2, 0.25) is 0 Å². The van der Waals surface area contributed by atoms with Crippen LogP contribution >= 0.6 is 0 Å². The number of hydrogen-bond donors (Lipinski definition) is 2. The number of para-hydroxylation sites is 1. The number of anilines is 3. The van der Waals surface area contributed by atoms with Crippen molar-refractivity contribution in [1.29, 1.82) is 0 Å². The van der Waals surface area contributed by atoms with E-state index in [-0.39, 0.29) is 28.4 Å². The molecule has 4 aromatic rings. The molecule has 0 aliphatic heterocycles. The second-order valence-corrected chi connectivity index (χ2v) is 9.92. The highest BCUT2D eigenvalue weighted by molar-refractivity contribution is 6.08. The highest BCUT2D eigenvalue weighted by Gasteiger charge is 2.36. The molecule has 0 aromatic heterocycles. The Labute approximate surface area is 259 Å². The Morgan fingerprint density at radius 1 is 0.783 bits per heavy atom. The SMILES string of the molecule is C=C(C)C(=O)c1ccc(N(c2ccccc2)c2cc(C(O)(O)C(C)=O)ccc2Oc2c([N+](=O)[O-])cc([N+](=O)[O-])cc2[N+](=O)[O-])cc1. The monoisotopic (exact) mass is 628 g/mol. The number of carbonyl (C=O) groups is 2. The molecule has 0 bridgehead atoms. The molecule has 0 radical (unpaired) electrons. The molecule has 2 N–H and O–H groups in total. The van der Waals surface area contributed by atoms with Crippen LogP contribution < -0.4 is 9.64 Å². The van der Waals surface area contributed by atoms with Crippen molar-refractivity contribution in [2.45, 2.75) is 19.6 Å². The molecule has 4 aromatic carbocycles. The lowest BCUT2D eigenvalue weighted by Gasteiger charge is -2.29. The van der Waals surface area contributed by atoms with E-state index in [2.05, 4.69) is 6.58 Å². The Morgan fingerprint density at radius 2 is 1.33 bits per heavy atom. The number of nitro groups is 3. The average molecular weight is 629 g/mol. The Kier molecular flexibility index (Phi) is 9.02. The number of nitro benzene ring substituents is 3. The summed E-state index contributed by atoms with van der Waals surface area (Å²) in [4.78, 5) is 58.2. The third kappa shape index (κ3) is 6.45. The molecule has 0 aliphatic rings. The van der Waals surface area contributed by atoms with E-state index in [1.165, 1.54) is 29.2 Å². The first kappa shape index (κ1) is 32.6. The molecular weight excluding hydrogens is 604 g/mol. The molecule has 15 nitrogen and oxygen atoms in total. The minimum atomic E-state index is -3.00. The van der Waals surface area contributed by atoms with Gasteiger partial charge in [-0.25, -0.2) is 0 Å². The highest BCUT2D eigenvalue weighted by Crippen LogP contribution is 2.48. The summed E-state index contributed by atoms with van der Waals surface area (Å²) in [5.74, 6) is -5.65. The van der Waals surface area contributed by atoms with Crippen LogP contribution in [0.2, 0.25) is 0 Å². The maximum atomic E-state index is 12.5. The third-order valence-corrected chi connectivity index (χ3v) is 6.73. The molecule has 4 rings (SSSR count). The maximum Gasteiger partial charge on any atom is 0.325 e. The number of hydrogen-bond acceptors (Lipinski definition) is 12. The normalized spacial score (nSPS) is 11.0. The van der Waals surface area contributed by atoms with Crippen molar-refractivity contribution in [1.82, 2.24) is 0 Å². The fraction of sp³-hybridized carbons (Fsp3) is 0.0968. The predicted octanol–water partition coefficient (Wildman–Crippen LogP) is 6.16. The molecule has 0 aliphatic carbocycles. The number of nitrogens with zero attached hydrogens (tertiary/aromatic N) is 4. The van der Waals surface area contributed by atoms with Gasteiger partial charge in [0.25, 0.3) is 17.2 Å². The molecule has 0 saturated heterocycles. The van der Waals surface area contributed by atoms with Gasteiger partial charge in [-0.15, -0.1) is 0 Å². The summed E-state index contributed by atoms with van der Waals surface area (Å²) in [6, 6.07) is 18.6. The van der Waals surface area contributed by atoms with Crippen LogP contribution in [0.4, 0.5) is 34.1 Å². The van der Waals surface area contributed by atoms with Crippen LogP contribution in [0, 0.1) is 30.3 Å². The molecule has 0 unspecified atom stereocenters. The molecule has 0 heterocycles. The van der Waals surface area contributed by atoms with Gasteiger partial charge < -0.3 is 19.8 Å². The van der Waals surface area contributed by atoms with E-state index < -0.39 is 49.2 Å². The highest BCUT2D eigenvalue weighted by atomic mass is 16.6. The van der Waals surface area contributed by atoms with Crippen LogP contribution in [0.3, 0.4) is 0 Å².